The van der Waals surface area contributed by atoms with Crippen molar-refractivity contribution in [1.29, 1.82) is 0 Å². The van der Waals surface area contributed by atoms with Gasteiger partial charge in [0.25, 0.3) is 0 Å². The summed E-state index contributed by atoms with van der Waals surface area (Å²) in [4.78, 5) is 3.94. The Bertz CT molecular complexity index is 433. The fraction of sp³-hybridized carbons (Fsp3) is 0.385. The van der Waals surface area contributed by atoms with Gasteiger partial charge in [-0.3, -0.25) is 0 Å². The molecule has 17 heavy (non-hydrogen) atoms. The summed E-state index contributed by atoms with van der Waals surface area (Å²) in [6.07, 6.45) is 4.34. The highest BCUT2D eigenvalue weighted by molar-refractivity contribution is 5.34. The van der Waals surface area contributed by atoms with Crippen LogP contribution in [-0.2, 0) is 0 Å². The normalized spacial score (nSPS) is 12.6. The summed E-state index contributed by atoms with van der Waals surface area (Å²) in [7, 11) is 0. The second-order valence-corrected chi connectivity index (χ2v) is 3.95. The average Bonchev–Trinajstić information content (AvgIpc) is 2.90. The lowest BCUT2D eigenvalue weighted by molar-refractivity contribution is 0.537. The first-order valence-electron chi connectivity index (χ1n) is 6.03. The lowest BCUT2D eigenvalue weighted by Gasteiger charge is -2.16. The molecule has 0 bridgehead atoms. The van der Waals surface area contributed by atoms with Crippen LogP contribution in [0.1, 0.15) is 31.9 Å². The van der Waals surface area contributed by atoms with Crippen molar-refractivity contribution in [3.05, 3.63) is 42.5 Å². The summed E-state index contributed by atoms with van der Waals surface area (Å²) in [6, 6.07) is 8.88. The second kappa shape index (κ2) is 5.59. The highest BCUT2D eigenvalue weighted by Gasteiger charge is 2.07. The van der Waals surface area contributed by atoms with Gasteiger partial charge in [0.15, 0.2) is 0 Å². The minimum absolute atomic E-state index is 0.435. The van der Waals surface area contributed by atoms with Crippen LogP contribution in [0.15, 0.2) is 36.9 Å². The Labute approximate surface area is 102 Å². The predicted octanol–water partition coefficient (Wildman–Crippen LogP) is 2.33. The molecule has 0 amide bonds. The van der Waals surface area contributed by atoms with Crippen LogP contribution in [0.3, 0.4) is 0 Å². The smallest absolute Gasteiger partial charge is 0.138 e. The van der Waals surface area contributed by atoms with Gasteiger partial charge in [-0.05, 0) is 30.7 Å². The molecule has 0 radical (unpaired) electrons. The van der Waals surface area contributed by atoms with E-state index in [2.05, 4.69) is 53.5 Å². The molecule has 2 rings (SSSR count). The lowest BCUT2D eigenvalue weighted by atomic mass is 10.0. The minimum Gasteiger partial charge on any atom is -0.310 e. The molecule has 0 aliphatic carbocycles. The topological polar surface area (TPSA) is 42.7 Å². The third-order valence-corrected chi connectivity index (χ3v) is 2.84. The maximum atomic E-state index is 4.11. The number of benzene rings is 1. The zero-order valence-electron chi connectivity index (χ0n) is 10.3. The molecule has 2 aromatic rings. The number of hydrogen-bond donors (Lipinski definition) is 1. The molecule has 0 saturated heterocycles. The van der Waals surface area contributed by atoms with Gasteiger partial charge in [-0.25, -0.2) is 9.67 Å². The fourth-order valence-electron chi connectivity index (χ4n) is 1.95. The summed E-state index contributed by atoms with van der Waals surface area (Å²) in [5.74, 6) is 0. The summed E-state index contributed by atoms with van der Waals surface area (Å²) in [6.45, 7) is 5.31. The van der Waals surface area contributed by atoms with Crippen LogP contribution in [0, 0.1) is 0 Å². The van der Waals surface area contributed by atoms with E-state index in [1.807, 2.05) is 0 Å². The molecule has 1 N–H and O–H groups in total. The van der Waals surface area contributed by atoms with Crippen molar-refractivity contribution in [2.24, 2.45) is 0 Å². The van der Waals surface area contributed by atoms with Gasteiger partial charge < -0.3 is 5.32 Å². The monoisotopic (exact) mass is 230 g/mol. The number of hydrogen-bond acceptors (Lipinski definition) is 3. The van der Waals surface area contributed by atoms with Gasteiger partial charge in [-0.1, -0.05) is 26.0 Å². The largest absolute Gasteiger partial charge is 0.310 e. The Morgan fingerprint density at radius 3 is 2.53 bits per heavy atom. The van der Waals surface area contributed by atoms with Crippen molar-refractivity contribution < 1.29 is 0 Å². The first-order valence-corrected chi connectivity index (χ1v) is 6.03. The van der Waals surface area contributed by atoms with Crippen molar-refractivity contribution in [3.63, 3.8) is 0 Å². The van der Waals surface area contributed by atoms with E-state index >= 15 is 0 Å². The molecule has 0 aliphatic heterocycles. The molecule has 0 aliphatic rings. The van der Waals surface area contributed by atoms with Gasteiger partial charge in [0.05, 0.1) is 5.69 Å². The van der Waals surface area contributed by atoms with Gasteiger partial charge >= 0.3 is 0 Å². The van der Waals surface area contributed by atoms with E-state index in [0.717, 1.165) is 18.7 Å². The molecular formula is C13H18N4. The van der Waals surface area contributed by atoms with Crippen LogP contribution in [0.25, 0.3) is 5.69 Å². The van der Waals surface area contributed by atoms with Crippen LogP contribution in [0.2, 0.25) is 0 Å². The van der Waals surface area contributed by atoms with E-state index < -0.39 is 0 Å². The molecule has 1 atom stereocenters. The third kappa shape index (κ3) is 2.71. The fourth-order valence-corrected chi connectivity index (χ4v) is 1.95. The Balaban J connectivity index is 2.17. The standard InChI is InChI=1S/C13H18N4/c1-3-13(15-4-2)11-5-7-12(8-6-11)17-10-14-9-16-17/h5-10,13,15H,3-4H2,1-2H3. The van der Waals surface area contributed by atoms with E-state index in [1.165, 1.54) is 5.56 Å². The van der Waals surface area contributed by atoms with Gasteiger partial charge in [-0.2, -0.15) is 5.10 Å². The number of nitrogens with one attached hydrogen (secondary N) is 1. The number of rotatable bonds is 5. The predicted molar refractivity (Wildman–Crippen MR) is 68.1 cm³/mol. The SMILES string of the molecule is CCNC(CC)c1ccc(-n2cncn2)cc1. The Hall–Kier alpha value is -1.68. The molecule has 0 saturated carbocycles. The summed E-state index contributed by atoms with van der Waals surface area (Å²) in [5, 5.41) is 7.58. The molecule has 1 heterocycles. The Morgan fingerprint density at radius 2 is 2.00 bits per heavy atom. The molecular weight excluding hydrogens is 212 g/mol. The van der Waals surface area contributed by atoms with Crippen molar-refractivity contribution in [2.45, 2.75) is 26.3 Å². The minimum atomic E-state index is 0.435. The highest BCUT2D eigenvalue weighted by Crippen LogP contribution is 2.18. The quantitative estimate of drug-likeness (QED) is 0.857. The van der Waals surface area contributed by atoms with Crippen LogP contribution in [0.5, 0.6) is 0 Å². The van der Waals surface area contributed by atoms with Crippen LogP contribution < -0.4 is 5.32 Å². The lowest BCUT2D eigenvalue weighted by Crippen LogP contribution is -2.19. The first-order chi connectivity index (χ1) is 8.35. The van der Waals surface area contributed by atoms with Crippen molar-refractivity contribution in [2.75, 3.05) is 6.54 Å². The van der Waals surface area contributed by atoms with E-state index in [1.54, 1.807) is 17.3 Å². The van der Waals surface area contributed by atoms with Crippen LogP contribution in [-0.4, -0.2) is 21.3 Å². The summed E-state index contributed by atoms with van der Waals surface area (Å²) in [5.41, 5.74) is 2.36. The molecule has 1 aromatic carbocycles. The maximum absolute atomic E-state index is 4.11. The molecule has 1 aromatic heterocycles. The molecule has 0 fully saturated rings. The molecule has 0 spiro atoms. The van der Waals surface area contributed by atoms with Gasteiger partial charge in [0.2, 0.25) is 0 Å². The summed E-state index contributed by atoms with van der Waals surface area (Å²) >= 11 is 0. The summed E-state index contributed by atoms with van der Waals surface area (Å²) < 4.78 is 1.76. The highest BCUT2D eigenvalue weighted by atomic mass is 15.3. The molecule has 90 valence electrons. The van der Waals surface area contributed by atoms with E-state index in [-0.39, 0.29) is 0 Å². The second-order valence-electron chi connectivity index (χ2n) is 3.95. The van der Waals surface area contributed by atoms with Crippen molar-refractivity contribution in [1.82, 2.24) is 20.1 Å². The Morgan fingerprint density at radius 1 is 1.24 bits per heavy atom. The zero-order valence-corrected chi connectivity index (χ0v) is 10.3. The van der Waals surface area contributed by atoms with Gasteiger partial charge in [-0.15, -0.1) is 0 Å². The molecule has 1 unspecified atom stereocenters. The average molecular weight is 230 g/mol. The van der Waals surface area contributed by atoms with Gasteiger partial charge in [0, 0.05) is 6.04 Å². The Kier molecular flexibility index (Phi) is 3.88. The van der Waals surface area contributed by atoms with E-state index in [0.29, 0.717) is 6.04 Å². The van der Waals surface area contributed by atoms with Crippen LogP contribution in [0.4, 0.5) is 0 Å². The molecule has 4 heteroatoms. The molecule has 4 nitrogen and oxygen atoms in total. The van der Waals surface area contributed by atoms with Crippen molar-refractivity contribution >= 4 is 0 Å². The first kappa shape index (κ1) is 11.8. The third-order valence-electron chi connectivity index (χ3n) is 2.84. The van der Waals surface area contributed by atoms with Crippen LogP contribution >= 0.6 is 0 Å². The van der Waals surface area contributed by atoms with Crippen molar-refractivity contribution in [3.8, 4) is 5.69 Å². The van der Waals surface area contributed by atoms with E-state index in [9.17, 15) is 0 Å². The number of aromatic nitrogens is 3. The maximum Gasteiger partial charge on any atom is 0.138 e. The zero-order chi connectivity index (χ0) is 12.1. The van der Waals surface area contributed by atoms with Gasteiger partial charge in [0.1, 0.15) is 12.7 Å². The van der Waals surface area contributed by atoms with E-state index in [4.69, 9.17) is 0 Å². The number of nitrogens with zero attached hydrogens (tertiary/aromatic N) is 3.